The highest BCUT2D eigenvalue weighted by atomic mass is 16.5. The van der Waals surface area contributed by atoms with Crippen molar-refractivity contribution in [3.8, 4) is 5.75 Å². The average Bonchev–Trinajstić information content (AvgIpc) is 3.34. The van der Waals surface area contributed by atoms with E-state index in [4.69, 9.17) is 13.9 Å². The standard InChI is InChI=1S/C19H22N2O4/c1-23-11-13-8-9-18(25-13)16-6-4-10-21(16)19(22)20-15-12-24-17-7-3-2-5-14(15)17/h2-3,5,7-9,15-16H,4,6,10-12H2,1H3,(H,20,22)/t15-,16-/m0/s1. The molecule has 0 aliphatic carbocycles. The summed E-state index contributed by atoms with van der Waals surface area (Å²) in [7, 11) is 1.64. The summed E-state index contributed by atoms with van der Waals surface area (Å²) in [6.07, 6.45) is 1.88. The average molecular weight is 342 g/mol. The topological polar surface area (TPSA) is 63.9 Å². The number of benzene rings is 1. The van der Waals surface area contributed by atoms with Crippen molar-refractivity contribution in [2.75, 3.05) is 20.3 Å². The van der Waals surface area contributed by atoms with Crippen molar-refractivity contribution in [3.63, 3.8) is 0 Å². The molecule has 1 aromatic heterocycles. The van der Waals surface area contributed by atoms with Crippen molar-refractivity contribution in [2.45, 2.75) is 31.5 Å². The Balaban J connectivity index is 1.46. The number of hydrogen-bond acceptors (Lipinski definition) is 4. The van der Waals surface area contributed by atoms with Crippen LogP contribution in [0.25, 0.3) is 0 Å². The maximum Gasteiger partial charge on any atom is 0.318 e. The molecule has 1 fully saturated rings. The lowest BCUT2D eigenvalue weighted by atomic mass is 10.1. The van der Waals surface area contributed by atoms with Gasteiger partial charge in [-0.1, -0.05) is 18.2 Å². The van der Waals surface area contributed by atoms with Crippen LogP contribution in [0.1, 0.15) is 42.0 Å². The van der Waals surface area contributed by atoms with Crippen LogP contribution in [0.3, 0.4) is 0 Å². The molecule has 3 heterocycles. The van der Waals surface area contributed by atoms with E-state index in [0.717, 1.165) is 42.2 Å². The molecule has 0 spiro atoms. The normalized spacial score (nSPS) is 21.9. The molecular formula is C19H22N2O4. The molecule has 2 aromatic rings. The Morgan fingerprint density at radius 3 is 3.08 bits per heavy atom. The van der Waals surface area contributed by atoms with Gasteiger partial charge in [0, 0.05) is 19.2 Å². The number of urea groups is 1. The molecule has 0 saturated carbocycles. The SMILES string of the molecule is COCc1ccc([C@@H]2CCCN2C(=O)N[C@H]2COc3ccccc32)o1. The fourth-order valence-electron chi connectivity index (χ4n) is 3.61. The summed E-state index contributed by atoms with van der Waals surface area (Å²) in [6, 6.07) is 11.5. The second kappa shape index (κ2) is 6.80. The van der Waals surface area contributed by atoms with Crippen molar-refractivity contribution in [1.29, 1.82) is 0 Å². The highest BCUT2D eigenvalue weighted by molar-refractivity contribution is 5.76. The molecule has 25 heavy (non-hydrogen) atoms. The van der Waals surface area contributed by atoms with Crippen LogP contribution in [0.15, 0.2) is 40.8 Å². The largest absolute Gasteiger partial charge is 0.491 e. The van der Waals surface area contributed by atoms with Gasteiger partial charge in [0.15, 0.2) is 0 Å². The predicted octanol–water partition coefficient (Wildman–Crippen LogP) is 3.41. The van der Waals surface area contributed by atoms with Crippen LogP contribution in [-0.2, 0) is 11.3 Å². The van der Waals surface area contributed by atoms with E-state index in [9.17, 15) is 4.79 Å². The van der Waals surface area contributed by atoms with E-state index >= 15 is 0 Å². The van der Waals surface area contributed by atoms with Crippen molar-refractivity contribution < 1.29 is 18.7 Å². The van der Waals surface area contributed by atoms with Gasteiger partial charge in [-0.3, -0.25) is 0 Å². The molecule has 2 atom stereocenters. The van der Waals surface area contributed by atoms with Crippen LogP contribution in [-0.4, -0.2) is 31.2 Å². The molecule has 2 aliphatic heterocycles. The van der Waals surface area contributed by atoms with Gasteiger partial charge in [-0.2, -0.15) is 0 Å². The van der Waals surface area contributed by atoms with Crippen molar-refractivity contribution >= 4 is 6.03 Å². The number of carbonyl (C=O) groups is 1. The number of hydrogen-bond donors (Lipinski definition) is 1. The van der Waals surface area contributed by atoms with E-state index in [1.165, 1.54) is 0 Å². The summed E-state index contributed by atoms with van der Waals surface area (Å²) in [5.41, 5.74) is 1.03. The van der Waals surface area contributed by atoms with Gasteiger partial charge in [-0.25, -0.2) is 4.79 Å². The van der Waals surface area contributed by atoms with Crippen molar-refractivity contribution in [1.82, 2.24) is 10.2 Å². The molecule has 132 valence electrons. The van der Waals surface area contributed by atoms with Gasteiger partial charge in [0.2, 0.25) is 0 Å². The van der Waals surface area contributed by atoms with Gasteiger partial charge in [-0.05, 0) is 31.0 Å². The quantitative estimate of drug-likeness (QED) is 0.925. The molecule has 6 heteroatoms. The van der Waals surface area contributed by atoms with Crippen molar-refractivity contribution in [3.05, 3.63) is 53.5 Å². The first-order valence-electron chi connectivity index (χ1n) is 8.62. The second-order valence-corrected chi connectivity index (χ2v) is 6.44. The fraction of sp³-hybridized carbons (Fsp3) is 0.421. The third-order valence-corrected chi connectivity index (χ3v) is 4.81. The van der Waals surface area contributed by atoms with Crippen LogP contribution < -0.4 is 10.1 Å². The Bertz CT molecular complexity index is 757. The van der Waals surface area contributed by atoms with Crippen molar-refractivity contribution in [2.24, 2.45) is 0 Å². The molecule has 0 radical (unpaired) electrons. The molecule has 6 nitrogen and oxygen atoms in total. The van der Waals surface area contributed by atoms with Gasteiger partial charge in [0.25, 0.3) is 0 Å². The Morgan fingerprint density at radius 2 is 2.20 bits per heavy atom. The Hall–Kier alpha value is -2.47. The Labute approximate surface area is 146 Å². The number of para-hydroxylation sites is 1. The summed E-state index contributed by atoms with van der Waals surface area (Å²) in [5.74, 6) is 2.45. The Kier molecular flexibility index (Phi) is 4.36. The summed E-state index contributed by atoms with van der Waals surface area (Å²) in [5, 5.41) is 3.10. The summed E-state index contributed by atoms with van der Waals surface area (Å²) in [4.78, 5) is 14.7. The van der Waals surface area contributed by atoms with E-state index in [-0.39, 0.29) is 18.1 Å². The second-order valence-electron chi connectivity index (χ2n) is 6.44. The van der Waals surface area contributed by atoms with E-state index in [1.54, 1.807) is 7.11 Å². The third kappa shape index (κ3) is 3.09. The molecule has 1 N–H and O–H groups in total. The number of amides is 2. The number of carbonyl (C=O) groups excluding carboxylic acids is 1. The fourth-order valence-corrected chi connectivity index (χ4v) is 3.61. The van der Waals surface area contributed by atoms with Gasteiger partial charge in [0.1, 0.15) is 30.5 Å². The molecular weight excluding hydrogens is 320 g/mol. The van der Waals surface area contributed by atoms with Gasteiger partial charge in [-0.15, -0.1) is 0 Å². The van der Waals surface area contributed by atoms with Crippen LogP contribution in [0.5, 0.6) is 5.75 Å². The van der Waals surface area contributed by atoms with E-state index in [0.29, 0.717) is 13.2 Å². The highest BCUT2D eigenvalue weighted by Crippen LogP contribution is 2.35. The first kappa shape index (κ1) is 16.0. The molecule has 2 aliphatic rings. The molecule has 1 saturated heterocycles. The van der Waals surface area contributed by atoms with Crippen LogP contribution >= 0.6 is 0 Å². The lowest BCUT2D eigenvalue weighted by Gasteiger charge is -2.25. The zero-order valence-corrected chi connectivity index (χ0v) is 14.2. The predicted molar refractivity (Wildman–Crippen MR) is 91.3 cm³/mol. The minimum absolute atomic E-state index is 0.0248. The maximum absolute atomic E-state index is 12.8. The summed E-state index contributed by atoms with van der Waals surface area (Å²) >= 11 is 0. The van der Waals surface area contributed by atoms with E-state index < -0.39 is 0 Å². The zero-order valence-electron chi connectivity index (χ0n) is 14.2. The Morgan fingerprint density at radius 1 is 1.32 bits per heavy atom. The first-order valence-corrected chi connectivity index (χ1v) is 8.62. The van der Waals surface area contributed by atoms with E-state index in [2.05, 4.69) is 5.32 Å². The number of rotatable bonds is 4. The number of methoxy groups -OCH3 is 1. The zero-order chi connectivity index (χ0) is 17.2. The van der Waals surface area contributed by atoms with Gasteiger partial charge in [0.05, 0.1) is 12.1 Å². The number of nitrogens with zero attached hydrogens (tertiary/aromatic N) is 1. The lowest BCUT2D eigenvalue weighted by Crippen LogP contribution is -2.41. The number of ether oxygens (including phenoxy) is 2. The molecule has 1 aromatic carbocycles. The van der Waals surface area contributed by atoms with Crippen LogP contribution in [0, 0.1) is 0 Å². The monoisotopic (exact) mass is 342 g/mol. The number of likely N-dealkylation sites (tertiary alicyclic amines) is 1. The number of fused-ring (bicyclic) bond motifs is 1. The first-order chi connectivity index (χ1) is 12.3. The third-order valence-electron chi connectivity index (χ3n) is 4.81. The minimum Gasteiger partial charge on any atom is -0.491 e. The summed E-state index contributed by atoms with van der Waals surface area (Å²) in [6.45, 7) is 1.64. The number of furan rings is 1. The van der Waals surface area contributed by atoms with Gasteiger partial charge < -0.3 is 24.1 Å². The lowest BCUT2D eigenvalue weighted by molar-refractivity contribution is 0.155. The minimum atomic E-state index is -0.106. The summed E-state index contributed by atoms with van der Waals surface area (Å²) < 4.78 is 16.6. The van der Waals surface area contributed by atoms with Gasteiger partial charge >= 0.3 is 6.03 Å². The number of nitrogens with one attached hydrogen (secondary N) is 1. The van der Waals surface area contributed by atoms with Crippen LogP contribution in [0.4, 0.5) is 4.79 Å². The van der Waals surface area contributed by atoms with E-state index in [1.807, 2.05) is 41.3 Å². The smallest absolute Gasteiger partial charge is 0.318 e. The maximum atomic E-state index is 12.8. The molecule has 0 unspecified atom stereocenters. The molecule has 2 amide bonds. The highest BCUT2D eigenvalue weighted by Gasteiger charge is 2.34. The molecule has 4 rings (SSSR count). The molecule has 0 bridgehead atoms. The van der Waals surface area contributed by atoms with Crippen LogP contribution in [0.2, 0.25) is 0 Å².